The van der Waals surface area contributed by atoms with Crippen molar-refractivity contribution in [2.45, 2.75) is 46.2 Å². The molecule has 0 radical (unpaired) electrons. The Morgan fingerprint density at radius 1 is 1.30 bits per heavy atom. The standard InChI is InChI=1S/C16H23FN2O/c1-16(2)7-6-14(20)19(9-8-16)11-13-5-3-4-12(10-18)15(13)17/h3-5H,6-11,18H2,1-2H3. The molecule has 2 N–H and O–H groups in total. The van der Waals surface area contributed by atoms with Crippen molar-refractivity contribution in [3.05, 3.63) is 35.1 Å². The highest BCUT2D eigenvalue weighted by atomic mass is 19.1. The molecule has 1 aliphatic rings. The molecule has 0 aromatic heterocycles. The van der Waals surface area contributed by atoms with Crippen LogP contribution in [-0.2, 0) is 17.9 Å². The van der Waals surface area contributed by atoms with E-state index in [9.17, 15) is 9.18 Å². The third-order valence-corrected chi connectivity index (χ3v) is 4.17. The lowest BCUT2D eigenvalue weighted by atomic mass is 9.85. The number of nitrogens with zero attached hydrogens (tertiary/aromatic N) is 1. The topological polar surface area (TPSA) is 46.3 Å². The van der Waals surface area contributed by atoms with Crippen molar-refractivity contribution in [1.29, 1.82) is 0 Å². The number of halogens is 1. The molecule has 0 saturated carbocycles. The lowest BCUT2D eigenvalue weighted by Crippen LogP contribution is -2.30. The second-order valence-corrected chi connectivity index (χ2v) is 6.32. The van der Waals surface area contributed by atoms with E-state index in [1.165, 1.54) is 0 Å². The number of likely N-dealkylation sites (tertiary alicyclic amines) is 1. The number of carbonyl (C=O) groups is 1. The van der Waals surface area contributed by atoms with E-state index in [1.807, 2.05) is 0 Å². The largest absolute Gasteiger partial charge is 0.338 e. The fourth-order valence-corrected chi connectivity index (χ4v) is 2.58. The summed E-state index contributed by atoms with van der Waals surface area (Å²) >= 11 is 0. The molecule has 1 fully saturated rings. The third-order valence-electron chi connectivity index (χ3n) is 4.17. The summed E-state index contributed by atoms with van der Waals surface area (Å²) in [5.74, 6) is -0.153. The Bertz CT molecular complexity index is 499. The zero-order chi connectivity index (χ0) is 14.8. The van der Waals surface area contributed by atoms with Gasteiger partial charge < -0.3 is 10.6 Å². The molecular formula is C16H23FN2O. The van der Waals surface area contributed by atoms with Crippen LogP contribution in [0.25, 0.3) is 0 Å². The van der Waals surface area contributed by atoms with Crippen LogP contribution in [-0.4, -0.2) is 17.4 Å². The Kier molecular flexibility index (Phi) is 4.43. The van der Waals surface area contributed by atoms with Gasteiger partial charge in [-0.3, -0.25) is 4.79 Å². The van der Waals surface area contributed by atoms with E-state index >= 15 is 0 Å². The molecule has 1 saturated heterocycles. The second kappa shape index (κ2) is 5.92. The van der Waals surface area contributed by atoms with Crippen LogP contribution >= 0.6 is 0 Å². The first-order chi connectivity index (χ1) is 9.43. The lowest BCUT2D eigenvalue weighted by Gasteiger charge is -2.24. The zero-order valence-electron chi connectivity index (χ0n) is 12.3. The maximum Gasteiger partial charge on any atom is 0.222 e. The van der Waals surface area contributed by atoms with Crippen molar-refractivity contribution in [3.63, 3.8) is 0 Å². The van der Waals surface area contributed by atoms with Gasteiger partial charge in [0, 0.05) is 37.2 Å². The molecule has 1 amide bonds. The first-order valence-corrected chi connectivity index (χ1v) is 7.17. The van der Waals surface area contributed by atoms with Crippen LogP contribution in [0.4, 0.5) is 4.39 Å². The van der Waals surface area contributed by atoms with E-state index in [0.717, 1.165) is 12.8 Å². The molecule has 1 aromatic rings. The van der Waals surface area contributed by atoms with Crippen molar-refractivity contribution in [1.82, 2.24) is 4.90 Å². The zero-order valence-corrected chi connectivity index (χ0v) is 12.3. The van der Waals surface area contributed by atoms with Crippen molar-refractivity contribution in [3.8, 4) is 0 Å². The maximum absolute atomic E-state index is 14.2. The summed E-state index contributed by atoms with van der Waals surface area (Å²) in [6.07, 6.45) is 2.40. The van der Waals surface area contributed by atoms with E-state index in [0.29, 0.717) is 30.6 Å². The molecule has 110 valence electrons. The van der Waals surface area contributed by atoms with Crippen molar-refractivity contribution >= 4 is 5.91 Å². The van der Waals surface area contributed by atoms with Crippen LogP contribution in [0.5, 0.6) is 0 Å². The Morgan fingerprint density at radius 3 is 2.70 bits per heavy atom. The van der Waals surface area contributed by atoms with Crippen molar-refractivity contribution in [2.24, 2.45) is 11.1 Å². The molecular weight excluding hydrogens is 255 g/mol. The van der Waals surface area contributed by atoms with Crippen LogP contribution in [0.15, 0.2) is 18.2 Å². The molecule has 0 bridgehead atoms. The monoisotopic (exact) mass is 278 g/mol. The quantitative estimate of drug-likeness (QED) is 0.924. The fourth-order valence-electron chi connectivity index (χ4n) is 2.58. The lowest BCUT2D eigenvalue weighted by molar-refractivity contribution is -0.131. The van der Waals surface area contributed by atoms with Gasteiger partial charge in [0.15, 0.2) is 0 Å². The van der Waals surface area contributed by atoms with Crippen LogP contribution in [0.3, 0.4) is 0 Å². The Labute approximate surface area is 120 Å². The molecule has 0 spiro atoms. The summed E-state index contributed by atoms with van der Waals surface area (Å²) in [7, 11) is 0. The fraction of sp³-hybridized carbons (Fsp3) is 0.562. The highest BCUT2D eigenvalue weighted by Gasteiger charge is 2.27. The third kappa shape index (κ3) is 3.37. The average molecular weight is 278 g/mol. The van der Waals surface area contributed by atoms with E-state index < -0.39 is 0 Å². The Balaban J connectivity index is 2.15. The molecule has 0 unspecified atom stereocenters. The molecule has 1 aromatic carbocycles. The minimum absolute atomic E-state index is 0.119. The van der Waals surface area contributed by atoms with Crippen LogP contribution < -0.4 is 5.73 Å². The number of hydrogen-bond donors (Lipinski definition) is 1. The summed E-state index contributed by atoms with van der Waals surface area (Å²) in [6.45, 7) is 5.58. The summed E-state index contributed by atoms with van der Waals surface area (Å²) in [6, 6.07) is 5.22. The van der Waals surface area contributed by atoms with Crippen LogP contribution in [0, 0.1) is 11.2 Å². The highest BCUT2D eigenvalue weighted by Crippen LogP contribution is 2.31. The number of carbonyl (C=O) groups excluding carboxylic acids is 1. The van der Waals surface area contributed by atoms with Crippen molar-refractivity contribution in [2.75, 3.05) is 6.54 Å². The van der Waals surface area contributed by atoms with Crippen molar-refractivity contribution < 1.29 is 9.18 Å². The van der Waals surface area contributed by atoms with E-state index in [1.54, 1.807) is 23.1 Å². The second-order valence-electron chi connectivity index (χ2n) is 6.32. The van der Waals surface area contributed by atoms with Gasteiger partial charge in [-0.25, -0.2) is 4.39 Å². The van der Waals surface area contributed by atoms with Gasteiger partial charge in [0.05, 0.1) is 0 Å². The molecule has 1 heterocycles. The molecule has 0 atom stereocenters. The SMILES string of the molecule is CC1(C)CCC(=O)N(Cc2cccc(CN)c2F)CC1. The molecule has 3 nitrogen and oxygen atoms in total. The Hall–Kier alpha value is -1.42. The van der Waals surface area contributed by atoms with Gasteiger partial charge in [0.2, 0.25) is 5.91 Å². The van der Waals surface area contributed by atoms with Gasteiger partial charge in [0.25, 0.3) is 0 Å². The summed E-state index contributed by atoms with van der Waals surface area (Å²) in [5, 5.41) is 0. The first-order valence-electron chi connectivity index (χ1n) is 7.17. The van der Waals surface area contributed by atoms with E-state index in [4.69, 9.17) is 5.73 Å². The minimum Gasteiger partial charge on any atom is -0.338 e. The number of benzene rings is 1. The summed E-state index contributed by atoms with van der Waals surface area (Å²) in [5.41, 5.74) is 6.76. The van der Waals surface area contributed by atoms with Gasteiger partial charge >= 0.3 is 0 Å². The van der Waals surface area contributed by atoms with Crippen LogP contribution in [0.1, 0.15) is 44.2 Å². The van der Waals surface area contributed by atoms with E-state index in [-0.39, 0.29) is 23.7 Å². The Morgan fingerprint density at radius 2 is 2.00 bits per heavy atom. The van der Waals surface area contributed by atoms with Gasteiger partial charge in [-0.05, 0) is 18.3 Å². The van der Waals surface area contributed by atoms with Gasteiger partial charge in [-0.1, -0.05) is 32.0 Å². The predicted molar refractivity (Wildman–Crippen MR) is 77.3 cm³/mol. The normalized spacial score (nSPS) is 19.0. The number of hydrogen-bond acceptors (Lipinski definition) is 2. The highest BCUT2D eigenvalue weighted by molar-refractivity contribution is 5.76. The summed E-state index contributed by atoms with van der Waals surface area (Å²) in [4.78, 5) is 13.9. The average Bonchev–Trinajstić information content (AvgIpc) is 2.54. The summed E-state index contributed by atoms with van der Waals surface area (Å²) < 4.78 is 14.2. The first kappa shape index (κ1) is 15.0. The van der Waals surface area contributed by atoms with Gasteiger partial charge in [-0.15, -0.1) is 0 Å². The van der Waals surface area contributed by atoms with Gasteiger partial charge in [-0.2, -0.15) is 0 Å². The number of rotatable bonds is 3. The molecule has 4 heteroatoms. The minimum atomic E-state index is -0.272. The van der Waals surface area contributed by atoms with Crippen LogP contribution in [0.2, 0.25) is 0 Å². The maximum atomic E-state index is 14.2. The number of nitrogens with two attached hydrogens (primary N) is 1. The predicted octanol–water partition coefficient (Wildman–Crippen LogP) is 2.82. The molecule has 20 heavy (non-hydrogen) atoms. The molecule has 0 aliphatic carbocycles. The smallest absolute Gasteiger partial charge is 0.222 e. The molecule has 2 rings (SSSR count). The van der Waals surface area contributed by atoms with E-state index in [2.05, 4.69) is 13.8 Å². The van der Waals surface area contributed by atoms with Gasteiger partial charge in [0.1, 0.15) is 5.82 Å². The number of amides is 1. The molecule has 1 aliphatic heterocycles.